The van der Waals surface area contributed by atoms with Gasteiger partial charge in [-0.1, -0.05) is 0 Å². The van der Waals surface area contributed by atoms with Gasteiger partial charge in [0, 0.05) is 12.5 Å². The lowest BCUT2D eigenvalue weighted by Gasteiger charge is -2.22. The molecular weight excluding hydrogens is 232 g/mol. The molecule has 0 aliphatic heterocycles. The van der Waals surface area contributed by atoms with E-state index in [0.717, 1.165) is 31.2 Å². The third kappa shape index (κ3) is 2.28. The number of carbonyl (C=O) groups is 1. The largest absolute Gasteiger partial charge is 0.493 e. The lowest BCUT2D eigenvalue weighted by Crippen LogP contribution is -2.11. The van der Waals surface area contributed by atoms with Crippen LogP contribution in [0.1, 0.15) is 30.9 Å². The van der Waals surface area contributed by atoms with Gasteiger partial charge >= 0.3 is 5.97 Å². The summed E-state index contributed by atoms with van der Waals surface area (Å²) in [5.41, 5.74) is 2.27. The number of esters is 1. The van der Waals surface area contributed by atoms with Crippen LogP contribution in [-0.2, 0) is 17.6 Å². The molecule has 1 aromatic rings. The van der Waals surface area contributed by atoms with E-state index in [0.29, 0.717) is 17.2 Å². The highest BCUT2D eigenvalue weighted by atomic mass is 16.6. The van der Waals surface area contributed by atoms with Gasteiger partial charge in [-0.2, -0.15) is 0 Å². The maximum atomic E-state index is 11.2. The summed E-state index contributed by atoms with van der Waals surface area (Å²) >= 11 is 0. The molecule has 0 saturated carbocycles. The van der Waals surface area contributed by atoms with Crippen LogP contribution in [0, 0.1) is 0 Å². The lowest BCUT2D eigenvalue weighted by atomic mass is 9.90. The van der Waals surface area contributed by atoms with Crippen molar-refractivity contribution in [1.82, 2.24) is 0 Å². The zero-order valence-corrected chi connectivity index (χ0v) is 11.0. The Bertz CT molecular complexity index is 451. The fraction of sp³-hybridized carbons (Fsp3) is 0.500. The summed E-state index contributed by atoms with van der Waals surface area (Å²) in [6.45, 7) is 1.40. The number of hydrogen-bond acceptors (Lipinski definition) is 4. The molecule has 0 spiro atoms. The maximum Gasteiger partial charge on any atom is 0.308 e. The van der Waals surface area contributed by atoms with Gasteiger partial charge < -0.3 is 14.2 Å². The van der Waals surface area contributed by atoms with Crippen molar-refractivity contribution in [2.24, 2.45) is 0 Å². The van der Waals surface area contributed by atoms with Gasteiger partial charge in [0.2, 0.25) is 5.75 Å². The summed E-state index contributed by atoms with van der Waals surface area (Å²) in [6, 6.07) is 1.99. The van der Waals surface area contributed by atoms with Gasteiger partial charge in [-0.05, 0) is 37.3 Å². The number of methoxy groups -OCH3 is 2. The predicted octanol–water partition coefficient (Wildman–Crippen LogP) is 2.51. The first-order valence-corrected chi connectivity index (χ1v) is 6.12. The van der Waals surface area contributed by atoms with Crippen molar-refractivity contribution in [2.75, 3.05) is 14.2 Å². The molecule has 2 rings (SSSR count). The highest BCUT2D eigenvalue weighted by Crippen LogP contribution is 2.44. The van der Waals surface area contributed by atoms with E-state index in [-0.39, 0.29) is 5.97 Å². The number of carbonyl (C=O) groups excluding carboxylic acids is 1. The van der Waals surface area contributed by atoms with Crippen molar-refractivity contribution in [3.05, 3.63) is 17.2 Å². The number of fused-ring (bicyclic) bond motifs is 1. The van der Waals surface area contributed by atoms with Gasteiger partial charge in [0.15, 0.2) is 11.5 Å². The summed E-state index contributed by atoms with van der Waals surface area (Å²) in [7, 11) is 3.14. The normalized spacial score (nSPS) is 13.7. The number of benzene rings is 1. The van der Waals surface area contributed by atoms with Crippen LogP contribution in [0.15, 0.2) is 6.07 Å². The Morgan fingerprint density at radius 1 is 1.11 bits per heavy atom. The number of hydrogen-bond donors (Lipinski definition) is 0. The second-order valence-corrected chi connectivity index (χ2v) is 4.38. The van der Waals surface area contributed by atoms with Crippen LogP contribution in [0.4, 0.5) is 0 Å². The Balaban J connectivity index is 2.59. The van der Waals surface area contributed by atoms with E-state index < -0.39 is 0 Å². The summed E-state index contributed by atoms with van der Waals surface area (Å²) in [5, 5.41) is 0. The number of ether oxygens (including phenoxy) is 3. The molecule has 1 aliphatic rings. The van der Waals surface area contributed by atoms with Crippen molar-refractivity contribution in [3.63, 3.8) is 0 Å². The van der Waals surface area contributed by atoms with Gasteiger partial charge in [0.05, 0.1) is 14.2 Å². The fourth-order valence-corrected chi connectivity index (χ4v) is 2.42. The molecule has 4 nitrogen and oxygen atoms in total. The zero-order valence-electron chi connectivity index (χ0n) is 11.0. The van der Waals surface area contributed by atoms with Crippen molar-refractivity contribution < 1.29 is 19.0 Å². The Kier molecular flexibility index (Phi) is 3.75. The highest BCUT2D eigenvalue weighted by Gasteiger charge is 2.23. The molecule has 0 radical (unpaired) electrons. The van der Waals surface area contributed by atoms with Gasteiger partial charge in [-0.3, -0.25) is 4.79 Å². The van der Waals surface area contributed by atoms with Crippen LogP contribution in [0.5, 0.6) is 17.2 Å². The molecule has 0 heterocycles. The van der Waals surface area contributed by atoms with Crippen LogP contribution in [0.2, 0.25) is 0 Å². The molecule has 18 heavy (non-hydrogen) atoms. The average Bonchev–Trinajstić information content (AvgIpc) is 2.37. The molecule has 1 aromatic carbocycles. The van der Waals surface area contributed by atoms with Crippen molar-refractivity contribution >= 4 is 5.97 Å². The van der Waals surface area contributed by atoms with E-state index in [1.165, 1.54) is 12.5 Å². The van der Waals surface area contributed by atoms with E-state index in [4.69, 9.17) is 14.2 Å². The molecule has 0 bridgehead atoms. The molecule has 0 amide bonds. The number of aryl methyl sites for hydroxylation is 1. The van der Waals surface area contributed by atoms with Gasteiger partial charge in [-0.15, -0.1) is 0 Å². The molecule has 1 aliphatic carbocycles. The summed E-state index contributed by atoms with van der Waals surface area (Å²) < 4.78 is 16.0. The molecule has 0 unspecified atom stereocenters. The van der Waals surface area contributed by atoms with Gasteiger partial charge in [0.1, 0.15) is 0 Å². The molecule has 0 atom stereocenters. The minimum absolute atomic E-state index is 0.339. The van der Waals surface area contributed by atoms with E-state index in [9.17, 15) is 4.79 Å². The van der Waals surface area contributed by atoms with Crippen molar-refractivity contribution in [3.8, 4) is 17.2 Å². The quantitative estimate of drug-likeness (QED) is 0.610. The van der Waals surface area contributed by atoms with Crippen molar-refractivity contribution in [1.29, 1.82) is 0 Å². The fourth-order valence-electron chi connectivity index (χ4n) is 2.42. The smallest absolute Gasteiger partial charge is 0.308 e. The number of rotatable bonds is 3. The molecule has 0 fully saturated rings. The second kappa shape index (κ2) is 5.29. The summed E-state index contributed by atoms with van der Waals surface area (Å²) in [5.74, 6) is 1.32. The van der Waals surface area contributed by atoms with Crippen LogP contribution < -0.4 is 14.2 Å². The minimum Gasteiger partial charge on any atom is -0.493 e. The first kappa shape index (κ1) is 12.7. The highest BCUT2D eigenvalue weighted by molar-refractivity contribution is 5.73. The van der Waals surface area contributed by atoms with Crippen LogP contribution in [-0.4, -0.2) is 20.2 Å². The third-order valence-electron chi connectivity index (χ3n) is 3.19. The molecule has 0 N–H and O–H groups in total. The topological polar surface area (TPSA) is 44.8 Å². The molecule has 0 saturated heterocycles. The molecule has 4 heteroatoms. The predicted molar refractivity (Wildman–Crippen MR) is 67.5 cm³/mol. The average molecular weight is 250 g/mol. The summed E-state index contributed by atoms with van der Waals surface area (Å²) in [6.07, 6.45) is 4.17. The van der Waals surface area contributed by atoms with Crippen LogP contribution in [0.3, 0.4) is 0 Å². The molecule has 0 aromatic heterocycles. The Hall–Kier alpha value is -1.71. The monoisotopic (exact) mass is 250 g/mol. The molecular formula is C14H18O4. The van der Waals surface area contributed by atoms with Crippen LogP contribution in [0.25, 0.3) is 0 Å². The minimum atomic E-state index is -0.339. The van der Waals surface area contributed by atoms with Crippen LogP contribution >= 0.6 is 0 Å². The zero-order chi connectivity index (χ0) is 13.1. The second-order valence-electron chi connectivity index (χ2n) is 4.38. The third-order valence-corrected chi connectivity index (χ3v) is 3.19. The van der Waals surface area contributed by atoms with Gasteiger partial charge in [0.25, 0.3) is 0 Å². The Labute approximate surface area is 107 Å². The van der Waals surface area contributed by atoms with E-state index in [2.05, 4.69) is 0 Å². The van der Waals surface area contributed by atoms with Crippen molar-refractivity contribution in [2.45, 2.75) is 32.6 Å². The lowest BCUT2D eigenvalue weighted by molar-refractivity contribution is -0.132. The Morgan fingerprint density at radius 2 is 1.83 bits per heavy atom. The first-order chi connectivity index (χ1) is 8.67. The Morgan fingerprint density at radius 3 is 2.44 bits per heavy atom. The summed E-state index contributed by atoms with van der Waals surface area (Å²) in [4.78, 5) is 11.2. The SMILES string of the molecule is COc1cc2c(c(OC(C)=O)c1OC)CCCC2. The van der Waals surface area contributed by atoms with Gasteiger partial charge in [-0.25, -0.2) is 0 Å². The van der Waals surface area contributed by atoms with E-state index in [1.807, 2.05) is 6.07 Å². The van der Waals surface area contributed by atoms with E-state index in [1.54, 1.807) is 14.2 Å². The standard InChI is InChI=1S/C14H18O4/c1-9(15)18-13-11-7-5-4-6-10(11)8-12(16-2)14(13)17-3/h8H,4-7H2,1-3H3. The van der Waals surface area contributed by atoms with E-state index >= 15 is 0 Å². The first-order valence-electron chi connectivity index (χ1n) is 6.12. The maximum absolute atomic E-state index is 11.2. The molecule has 98 valence electrons.